The predicted molar refractivity (Wildman–Crippen MR) is 52.0 cm³/mol. The smallest absolute Gasteiger partial charge is 0.307 e. The zero-order valence-electron chi connectivity index (χ0n) is 9.12. The van der Waals surface area contributed by atoms with Crippen LogP contribution in [-0.4, -0.2) is 34.4 Å². The van der Waals surface area contributed by atoms with Crippen LogP contribution in [0.1, 0.15) is 40.0 Å². The summed E-state index contributed by atoms with van der Waals surface area (Å²) in [6.07, 6.45) is 2.10. The summed E-state index contributed by atoms with van der Waals surface area (Å²) in [5, 5.41) is 10.6. The lowest BCUT2D eigenvalue weighted by Crippen LogP contribution is -2.31. The van der Waals surface area contributed by atoms with Crippen molar-refractivity contribution in [3.8, 4) is 0 Å². The summed E-state index contributed by atoms with van der Waals surface area (Å²) in [6.45, 7) is 6.19. The third-order valence-corrected chi connectivity index (χ3v) is 2.17. The summed E-state index contributed by atoms with van der Waals surface area (Å²) >= 11 is 0. The minimum atomic E-state index is -0.435. The topological polar surface area (TPSA) is 49.8 Å². The number of nitrogens with zero attached hydrogens (tertiary/aromatic N) is 1. The molecule has 1 atom stereocenters. The summed E-state index contributed by atoms with van der Waals surface area (Å²) in [5.41, 5.74) is -0.435. The van der Waals surface area contributed by atoms with Crippen molar-refractivity contribution in [3.05, 3.63) is 0 Å². The normalized spacial score (nSPS) is 23.9. The standard InChI is InChI=1S/C10H19NO3/c1-10(2,3)14-9(12)7-8-5-4-6-11(8)13/h8,13H,4-7H2,1-3H3. The fourth-order valence-electron chi connectivity index (χ4n) is 1.60. The third kappa shape index (κ3) is 3.64. The van der Waals surface area contributed by atoms with E-state index in [1.165, 1.54) is 5.06 Å². The lowest BCUT2D eigenvalue weighted by atomic mass is 10.1. The maximum Gasteiger partial charge on any atom is 0.307 e. The molecule has 0 aromatic heterocycles. The van der Waals surface area contributed by atoms with Gasteiger partial charge in [0.25, 0.3) is 0 Å². The summed E-state index contributed by atoms with van der Waals surface area (Å²) in [4.78, 5) is 11.4. The average molecular weight is 201 g/mol. The number of carbonyl (C=O) groups excluding carboxylic acids is 1. The van der Waals surface area contributed by atoms with Crippen molar-refractivity contribution in [2.75, 3.05) is 6.54 Å². The highest BCUT2D eigenvalue weighted by Crippen LogP contribution is 2.19. The molecule has 0 aromatic carbocycles. The first-order valence-corrected chi connectivity index (χ1v) is 5.06. The Kier molecular flexibility index (Phi) is 3.50. The van der Waals surface area contributed by atoms with Crippen LogP contribution in [0.4, 0.5) is 0 Å². The van der Waals surface area contributed by atoms with E-state index in [0.29, 0.717) is 6.54 Å². The van der Waals surface area contributed by atoms with Crippen LogP contribution in [0, 0.1) is 0 Å². The molecule has 4 heteroatoms. The highest BCUT2D eigenvalue weighted by Gasteiger charge is 2.27. The molecule has 1 rings (SSSR count). The Bertz CT molecular complexity index is 210. The molecule has 1 heterocycles. The van der Waals surface area contributed by atoms with E-state index in [1.54, 1.807) is 0 Å². The monoisotopic (exact) mass is 201 g/mol. The fraction of sp³-hybridized carbons (Fsp3) is 0.900. The average Bonchev–Trinajstić information content (AvgIpc) is 2.32. The van der Waals surface area contributed by atoms with Gasteiger partial charge in [0.05, 0.1) is 6.42 Å². The molecule has 0 saturated carbocycles. The number of hydrogen-bond donors (Lipinski definition) is 1. The SMILES string of the molecule is CC(C)(C)OC(=O)CC1CCCN1O. The number of hydroxylamine groups is 2. The highest BCUT2D eigenvalue weighted by molar-refractivity contribution is 5.70. The van der Waals surface area contributed by atoms with Gasteiger partial charge in [-0.25, -0.2) is 0 Å². The van der Waals surface area contributed by atoms with Crippen LogP contribution in [0.25, 0.3) is 0 Å². The molecule has 0 amide bonds. The van der Waals surface area contributed by atoms with Crippen LogP contribution in [0.5, 0.6) is 0 Å². The van der Waals surface area contributed by atoms with E-state index in [4.69, 9.17) is 4.74 Å². The Morgan fingerprint density at radius 1 is 1.57 bits per heavy atom. The second kappa shape index (κ2) is 4.28. The first kappa shape index (κ1) is 11.5. The number of esters is 1. The van der Waals surface area contributed by atoms with E-state index in [2.05, 4.69) is 0 Å². The van der Waals surface area contributed by atoms with Gasteiger partial charge in [-0.2, -0.15) is 5.06 Å². The predicted octanol–water partition coefficient (Wildman–Crippen LogP) is 1.57. The molecular weight excluding hydrogens is 182 g/mol. The van der Waals surface area contributed by atoms with Crippen molar-refractivity contribution in [2.24, 2.45) is 0 Å². The Labute approximate surface area is 84.8 Å². The fourth-order valence-corrected chi connectivity index (χ4v) is 1.60. The van der Waals surface area contributed by atoms with E-state index < -0.39 is 5.60 Å². The molecule has 1 unspecified atom stereocenters. The van der Waals surface area contributed by atoms with Gasteiger partial charge >= 0.3 is 5.97 Å². The van der Waals surface area contributed by atoms with Gasteiger partial charge in [-0.05, 0) is 33.6 Å². The van der Waals surface area contributed by atoms with E-state index >= 15 is 0 Å². The van der Waals surface area contributed by atoms with Crippen molar-refractivity contribution in [1.82, 2.24) is 5.06 Å². The molecule has 0 aliphatic carbocycles. The molecule has 0 aromatic rings. The molecule has 82 valence electrons. The summed E-state index contributed by atoms with van der Waals surface area (Å²) < 4.78 is 5.17. The van der Waals surface area contributed by atoms with Crippen molar-refractivity contribution in [3.63, 3.8) is 0 Å². The minimum Gasteiger partial charge on any atom is -0.460 e. The Morgan fingerprint density at radius 2 is 2.21 bits per heavy atom. The molecule has 1 fully saturated rings. The van der Waals surface area contributed by atoms with Crippen LogP contribution < -0.4 is 0 Å². The van der Waals surface area contributed by atoms with E-state index in [9.17, 15) is 10.0 Å². The Hall–Kier alpha value is -0.610. The maximum atomic E-state index is 11.4. The quantitative estimate of drug-likeness (QED) is 0.689. The molecule has 14 heavy (non-hydrogen) atoms. The molecule has 1 saturated heterocycles. The van der Waals surface area contributed by atoms with Crippen LogP contribution >= 0.6 is 0 Å². The van der Waals surface area contributed by atoms with Gasteiger partial charge in [0.1, 0.15) is 5.60 Å². The van der Waals surface area contributed by atoms with Crippen LogP contribution in [0.15, 0.2) is 0 Å². The van der Waals surface area contributed by atoms with Crippen LogP contribution in [0.2, 0.25) is 0 Å². The van der Waals surface area contributed by atoms with Crippen LogP contribution in [-0.2, 0) is 9.53 Å². The summed E-state index contributed by atoms with van der Waals surface area (Å²) in [5.74, 6) is -0.233. The maximum absolute atomic E-state index is 11.4. The van der Waals surface area contributed by atoms with Gasteiger partial charge in [0.15, 0.2) is 0 Å². The Morgan fingerprint density at radius 3 is 2.64 bits per heavy atom. The zero-order chi connectivity index (χ0) is 10.8. The first-order valence-electron chi connectivity index (χ1n) is 5.06. The van der Waals surface area contributed by atoms with E-state index in [1.807, 2.05) is 20.8 Å². The number of carbonyl (C=O) groups is 1. The minimum absolute atomic E-state index is 0.0511. The molecule has 4 nitrogen and oxygen atoms in total. The van der Waals surface area contributed by atoms with Crippen molar-refractivity contribution in [2.45, 2.75) is 51.7 Å². The van der Waals surface area contributed by atoms with Gasteiger partial charge in [-0.3, -0.25) is 4.79 Å². The molecule has 1 aliphatic rings. The summed E-state index contributed by atoms with van der Waals surface area (Å²) in [7, 11) is 0. The van der Waals surface area contributed by atoms with Crippen LogP contribution in [0.3, 0.4) is 0 Å². The highest BCUT2D eigenvalue weighted by atomic mass is 16.6. The lowest BCUT2D eigenvalue weighted by Gasteiger charge is -2.22. The molecule has 0 spiro atoms. The van der Waals surface area contributed by atoms with E-state index in [0.717, 1.165) is 12.8 Å². The molecule has 0 bridgehead atoms. The van der Waals surface area contributed by atoms with Gasteiger partial charge in [-0.15, -0.1) is 0 Å². The Balaban J connectivity index is 2.33. The van der Waals surface area contributed by atoms with E-state index in [-0.39, 0.29) is 18.4 Å². The second-order valence-corrected chi connectivity index (χ2v) is 4.75. The van der Waals surface area contributed by atoms with Crippen molar-refractivity contribution in [1.29, 1.82) is 0 Å². The first-order chi connectivity index (χ1) is 6.38. The number of hydrogen-bond acceptors (Lipinski definition) is 4. The van der Waals surface area contributed by atoms with Gasteiger partial charge < -0.3 is 9.94 Å². The molecule has 1 N–H and O–H groups in total. The molecule has 0 radical (unpaired) electrons. The van der Waals surface area contributed by atoms with Crippen molar-refractivity contribution < 1.29 is 14.7 Å². The van der Waals surface area contributed by atoms with Gasteiger partial charge in [0, 0.05) is 12.6 Å². The largest absolute Gasteiger partial charge is 0.460 e. The number of ether oxygens (including phenoxy) is 1. The summed E-state index contributed by atoms with van der Waals surface area (Å²) in [6, 6.07) is -0.0511. The van der Waals surface area contributed by atoms with Crippen molar-refractivity contribution >= 4 is 5.97 Å². The molecule has 1 aliphatic heterocycles. The second-order valence-electron chi connectivity index (χ2n) is 4.75. The number of rotatable bonds is 2. The zero-order valence-corrected chi connectivity index (χ0v) is 9.12. The van der Waals surface area contributed by atoms with Gasteiger partial charge in [0.2, 0.25) is 0 Å². The molecular formula is C10H19NO3. The lowest BCUT2D eigenvalue weighted by molar-refractivity contribution is -0.162. The third-order valence-electron chi connectivity index (χ3n) is 2.17. The van der Waals surface area contributed by atoms with Gasteiger partial charge in [-0.1, -0.05) is 0 Å².